The van der Waals surface area contributed by atoms with Crippen molar-refractivity contribution >= 4 is 11.5 Å². The quantitative estimate of drug-likeness (QED) is 0.760. The van der Waals surface area contributed by atoms with Crippen molar-refractivity contribution in [1.82, 2.24) is 9.88 Å². The summed E-state index contributed by atoms with van der Waals surface area (Å²) in [5.41, 5.74) is 3.11. The van der Waals surface area contributed by atoms with Gasteiger partial charge in [0.2, 0.25) is 0 Å². The number of aliphatic hydroxyl groups excluding tert-OH is 1. The summed E-state index contributed by atoms with van der Waals surface area (Å²) in [4.78, 5) is 10.6. The zero-order chi connectivity index (χ0) is 17.9. The number of aliphatic hydroxyl groups is 1. The van der Waals surface area contributed by atoms with E-state index in [0.717, 1.165) is 6.42 Å². The van der Waals surface area contributed by atoms with Crippen molar-refractivity contribution in [2.45, 2.75) is 12.6 Å². The average Bonchev–Trinajstić information content (AvgIpc) is 2.68. The lowest BCUT2D eigenvalue weighted by Crippen LogP contribution is -2.39. The Balaban J connectivity index is 1.73. The normalized spacial score (nSPS) is 16.1. The fourth-order valence-electron chi connectivity index (χ4n) is 3.16. The van der Waals surface area contributed by atoms with Crippen LogP contribution in [0.2, 0.25) is 0 Å². The first-order valence-electron chi connectivity index (χ1n) is 8.53. The minimum Gasteiger partial charge on any atom is -0.507 e. The zero-order valence-corrected chi connectivity index (χ0v) is 14.2. The van der Waals surface area contributed by atoms with Gasteiger partial charge in [0.05, 0.1) is 11.3 Å². The second-order valence-electron chi connectivity index (χ2n) is 6.19. The monoisotopic (exact) mass is 345 g/mol. The van der Waals surface area contributed by atoms with Gasteiger partial charge in [-0.2, -0.15) is 0 Å². The Morgan fingerprint density at radius 3 is 2.54 bits per heavy atom. The highest BCUT2D eigenvalue weighted by atomic mass is 16.3. The molecule has 26 heavy (non-hydrogen) atoms. The van der Waals surface area contributed by atoms with E-state index in [1.54, 1.807) is 30.6 Å². The molecule has 0 saturated carbocycles. The van der Waals surface area contributed by atoms with E-state index in [9.17, 15) is 10.2 Å². The lowest BCUT2D eigenvalue weighted by molar-refractivity contribution is 0.0512. The molecule has 2 N–H and O–H groups in total. The van der Waals surface area contributed by atoms with Crippen molar-refractivity contribution in [3.8, 4) is 5.75 Å². The van der Waals surface area contributed by atoms with Crippen molar-refractivity contribution in [3.63, 3.8) is 0 Å². The first-order chi connectivity index (χ1) is 12.7. The Labute approximate surface area is 151 Å². The van der Waals surface area contributed by atoms with Gasteiger partial charge in [0.15, 0.2) is 6.23 Å². The molecule has 5 nitrogen and oxygen atoms in total. The Morgan fingerprint density at radius 1 is 0.962 bits per heavy atom. The van der Waals surface area contributed by atoms with Gasteiger partial charge in [-0.15, -0.1) is 0 Å². The summed E-state index contributed by atoms with van der Waals surface area (Å²) in [6.07, 6.45) is 3.17. The Bertz CT molecular complexity index is 941. The van der Waals surface area contributed by atoms with E-state index >= 15 is 0 Å². The highest BCUT2D eigenvalue weighted by Crippen LogP contribution is 2.35. The van der Waals surface area contributed by atoms with Crippen LogP contribution in [0.25, 0.3) is 0 Å². The molecule has 0 spiro atoms. The first-order valence-corrected chi connectivity index (χ1v) is 8.53. The van der Waals surface area contributed by atoms with Crippen LogP contribution in [0.4, 0.5) is 5.69 Å². The van der Waals surface area contributed by atoms with Gasteiger partial charge in [0.25, 0.3) is 0 Å². The molecule has 1 aromatic heterocycles. The molecule has 0 radical (unpaired) electrons. The largest absolute Gasteiger partial charge is 0.507 e. The van der Waals surface area contributed by atoms with E-state index in [0.29, 0.717) is 29.2 Å². The molecule has 130 valence electrons. The maximum atomic E-state index is 10.9. The van der Waals surface area contributed by atoms with Gasteiger partial charge < -0.3 is 15.1 Å². The molecule has 5 heteroatoms. The molecule has 2 aromatic carbocycles. The van der Waals surface area contributed by atoms with Crippen LogP contribution in [0.15, 0.2) is 78.0 Å². The second-order valence-corrected chi connectivity index (χ2v) is 6.19. The van der Waals surface area contributed by atoms with Gasteiger partial charge in [-0.05, 0) is 30.2 Å². The van der Waals surface area contributed by atoms with Crippen LogP contribution in [0, 0.1) is 0 Å². The fourth-order valence-corrected chi connectivity index (χ4v) is 3.16. The zero-order valence-electron chi connectivity index (χ0n) is 14.2. The van der Waals surface area contributed by atoms with Crippen LogP contribution in [0.1, 0.15) is 22.9 Å². The number of para-hydroxylation sites is 1. The molecular formula is C21H19N3O2. The number of fused-ring (bicyclic) bond motifs is 1. The number of aliphatic imine (C=N–C) groups is 1. The third-order valence-corrected chi connectivity index (χ3v) is 4.53. The standard InChI is InChI=1S/C21H19N3O2/c25-19-9-5-4-8-16(19)20-23-18-10-12-22-14-17(18)21(26)24(20)13-11-15-6-2-1-3-7-15/h1-10,12,14,21,25-26H,11,13H2. The smallest absolute Gasteiger partial charge is 0.158 e. The van der Waals surface area contributed by atoms with Crippen LogP contribution in [0.5, 0.6) is 5.75 Å². The topological polar surface area (TPSA) is 69.0 Å². The third kappa shape index (κ3) is 3.05. The predicted octanol–water partition coefficient (Wildman–Crippen LogP) is 3.41. The molecule has 1 aliphatic heterocycles. The number of phenolic OH excluding ortho intramolecular Hbond substituents is 1. The number of pyridine rings is 1. The SMILES string of the molecule is Oc1ccccc1C1=Nc2ccncc2C(O)N1CCc1ccccc1. The molecule has 0 fully saturated rings. The fraction of sp³-hybridized carbons (Fsp3) is 0.143. The van der Waals surface area contributed by atoms with Crippen LogP contribution in [-0.4, -0.2) is 32.5 Å². The molecule has 1 unspecified atom stereocenters. The Kier molecular flexibility index (Phi) is 4.37. The van der Waals surface area contributed by atoms with E-state index in [1.165, 1.54) is 5.56 Å². The molecule has 0 amide bonds. The lowest BCUT2D eigenvalue weighted by atomic mass is 10.1. The minimum absolute atomic E-state index is 0.140. The molecular weight excluding hydrogens is 326 g/mol. The number of aromatic hydroxyl groups is 1. The van der Waals surface area contributed by atoms with Crippen LogP contribution < -0.4 is 0 Å². The van der Waals surface area contributed by atoms with Gasteiger partial charge in [0.1, 0.15) is 11.6 Å². The molecule has 0 saturated heterocycles. The summed E-state index contributed by atoms with van der Waals surface area (Å²) in [5.74, 6) is 0.700. The number of aromatic nitrogens is 1. The maximum absolute atomic E-state index is 10.9. The van der Waals surface area contributed by atoms with Crippen molar-refractivity contribution < 1.29 is 10.2 Å². The molecule has 0 bridgehead atoms. The summed E-state index contributed by atoms with van der Waals surface area (Å²) in [6.45, 7) is 0.562. The number of phenols is 1. The molecule has 4 rings (SSSR count). The summed E-state index contributed by atoms with van der Waals surface area (Å²) < 4.78 is 0. The minimum atomic E-state index is -0.866. The van der Waals surface area contributed by atoms with E-state index in [1.807, 2.05) is 35.2 Å². The van der Waals surface area contributed by atoms with Gasteiger partial charge in [-0.25, -0.2) is 4.99 Å². The number of amidine groups is 1. The van der Waals surface area contributed by atoms with E-state index in [4.69, 9.17) is 4.99 Å². The number of benzene rings is 2. The lowest BCUT2D eigenvalue weighted by Gasteiger charge is -2.35. The number of hydrogen-bond acceptors (Lipinski definition) is 5. The van der Waals surface area contributed by atoms with Gasteiger partial charge in [-0.1, -0.05) is 42.5 Å². The molecule has 3 aromatic rings. The van der Waals surface area contributed by atoms with Gasteiger partial charge in [-0.3, -0.25) is 4.98 Å². The van der Waals surface area contributed by atoms with Crippen molar-refractivity contribution in [2.24, 2.45) is 4.99 Å². The van der Waals surface area contributed by atoms with E-state index in [-0.39, 0.29) is 5.75 Å². The highest BCUT2D eigenvalue weighted by molar-refractivity contribution is 6.03. The molecule has 0 aliphatic carbocycles. The highest BCUT2D eigenvalue weighted by Gasteiger charge is 2.30. The Hall–Kier alpha value is -3.18. The van der Waals surface area contributed by atoms with Crippen molar-refractivity contribution in [2.75, 3.05) is 6.54 Å². The first kappa shape index (κ1) is 16.3. The second kappa shape index (κ2) is 6.98. The van der Waals surface area contributed by atoms with Crippen LogP contribution >= 0.6 is 0 Å². The maximum Gasteiger partial charge on any atom is 0.158 e. The summed E-state index contributed by atoms with van der Waals surface area (Å²) in [7, 11) is 0. The molecule has 1 atom stereocenters. The summed E-state index contributed by atoms with van der Waals surface area (Å²) in [5, 5.41) is 21.2. The van der Waals surface area contributed by atoms with Crippen LogP contribution in [0.3, 0.4) is 0 Å². The van der Waals surface area contributed by atoms with Crippen molar-refractivity contribution in [1.29, 1.82) is 0 Å². The summed E-state index contributed by atoms with van der Waals surface area (Å²) in [6, 6.07) is 18.9. The van der Waals surface area contributed by atoms with Crippen molar-refractivity contribution in [3.05, 3.63) is 89.7 Å². The summed E-state index contributed by atoms with van der Waals surface area (Å²) >= 11 is 0. The number of rotatable bonds is 4. The third-order valence-electron chi connectivity index (χ3n) is 4.53. The molecule has 2 heterocycles. The van der Waals surface area contributed by atoms with Gasteiger partial charge >= 0.3 is 0 Å². The number of nitrogens with zero attached hydrogens (tertiary/aromatic N) is 3. The van der Waals surface area contributed by atoms with E-state index in [2.05, 4.69) is 17.1 Å². The van der Waals surface area contributed by atoms with Crippen LogP contribution in [-0.2, 0) is 6.42 Å². The van der Waals surface area contributed by atoms with E-state index < -0.39 is 6.23 Å². The van der Waals surface area contributed by atoms with Gasteiger partial charge in [0, 0.05) is 24.5 Å². The number of hydrogen-bond donors (Lipinski definition) is 2. The predicted molar refractivity (Wildman–Crippen MR) is 100 cm³/mol. The Morgan fingerprint density at radius 2 is 1.73 bits per heavy atom. The average molecular weight is 345 g/mol. The molecule has 1 aliphatic rings.